The lowest BCUT2D eigenvalue weighted by Crippen LogP contribution is -1.94. The summed E-state index contributed by atoms with van der Waals surface area (Å²) >= 11 is 7.51. The number of hydrogen-bond donors (Lipinski definition) is 1. The van der Waals surface area contributed by atoms with Crippen molar-refractivity contribution >= 4 is 22.9 Å². The number of benzene rings is 1. The predicted molar refractivity (Wildman–Crippen MR) is 65.8 cm³/mol. The van der Waals surface area contributed by atoms with Crippen molar-refractivity contribution in [3.05, 3.63) is 45.4 Å². The molecule has 0 aliphatic rings. The summed E-state index contributed by atoms with van der Waals surface area (Å²) in [5.74, 6) is 0.675. The molecule has 0 bridgehead atoms. The van der Waals surface area contributed by atoms with Gasteiger partial charge in [0.25, 0.3) is 0 Å². The summed E-state index contributed by atoms with van der Waals surface area (Å²) < 4.78 is 5.56. The van der Waals surface area contributed by atoms with Gasteiger partial charge in [-0.3, -0.25) is 0 Å². The van der Waals surface area contributed by atoms with E-state index in [0.29, 0.717) is 23.9 Å². The fourth-order valence-corrected chi connectivity index (χ4v) is 2.12. The van der Waals surface area contributed by atoms with Crippen LogP contribution in [0.1, 0.15) is 9.88 Å². The molecule has 84 valence electrons. The zero-order chi connectivity index (χ0) is 11.4. The smallest absolute Gasteiger partial charge is 0.140 e. The van der Waals surface area contributed by atoms with Gasteiger partial charge >= 0.3 is 0 Å². The average Bonchev–Trinajstić information content (AvgIpc) is 2.76. The first-order valence-electron chi connectivity index (χ1n) is 4.80. The highest BCUT2D eigenvalue weighted by molar-refractivity contribution is 7.11. The Kier molecular flexibility index (Phi) is 3.77. The van der Waals surface area contributed by atoms with E-state index < -0.39 is 0 Å². The zero-order valence-corrected chi connectivity index (χ0v) is 10.1. The monoisotopic (exact) mass is 254 g/mol. The molecule has 0 atom stereocenters. The third-order valence-corrected chi connectivity index (χ3v) is 3.30. The highest BCUT2D eigenvalue weighted by Crippen LogP contribution is 2.24. The first-order valence-corrected chi connectivity index (χ1v) is 6.00. The standard InChI is InChI=1S/C11H11ClN2OS/c12-9-3-1-2-4-10(9)15-7-11-14-6-8(5-13)16-11/h1-4,6H,5,7,13H2. The van der Waals surface area contributed by atoms with E-state index in [1.54, 1.807) is 23.6 Å². The molecule has 3 nitrogen and oxygen atoms in total. The van der Waals surface area contributed by atoms with Gasteiger partial charge < -0.3 is 10.5 Å². The van der Waals surface area contributed by atoms with Crippen molar-refractivity contribution in [2.24, 2.45) is 5.73 Å². The molecule has 0 saturated carbocycles. The lowest BCUT2D eigenvalue weighted by molar-refractivity contribution is 0.306. The number of nitrogens with zero attached hydrogens (tertiary/aromatic N) is 1. The third-order valence-electron chi connectivity index (χ3n) is 1.99. The minimum Gasteiger partial charge on any atom is -0.485 e. The van der Waals surface area contributed by atoms with E-state index >= 15 is 0 Å². The van der Waals surface area contributed by atoms with Crippen molar-refractivity contribution in [1.29, 1.82) is 0 Å². The highest BCUT2D eigenvalue weighted by atomic mass is 35.5. The Bertz CT molecular complexity index is 473. The Hall–Kier alpha value is -1.10. The van der Waals surface area contributed by atoms with Crippen molar-refractivity contribution in [3.63, 3.8) is 0 Å². The summed E-state index contributed by atoms with van der Waals surface area (Å²) in [4.78, 5) is 5.26. The van der Waals surface area contributed by atoms with Crippen LogP contribution in [0.15, 0.2) is 30.5 Å². The van der Waals surface area contributed by atoms with E-state index in [9.17, 15) is 0 Å². The Balaban J connectivity index is 1.99. The molecule has 1 aromatic carbocycles. The fraction of sp³-hybridized carbons (Fsp3) is 0.182. The molecule has 2 aromatic rings. The normalized spacial score (nSPS) is 10.4. The molecule has 0 aliphatic heterocycles. The number of halogens is 1. The number of para-hydroxylation sites is 1. The largest absolute Gasteiger partial charge is 0.485 e. The Labute approximate surface area is 103 Å². The van der Waals surface area contributed by atoms with E-state index in [0.717, 1.165) is 9.88 Å². The molecule has 0 aliphatic carbocycles. The van der Waals surface area contributed by atoms with Crippen LogP contribution in [0.4, 0.5) is 0 Å². The number of thiazole rings is 1. The van der Waals surface area contributed by atoms with Crippen molar-refractivity contribution in [2.45, 2.75) is 13.2 Å². The van der Waals surface area contributed by atoms with Gasteiger partial charge in [-0.1, -0.05) is 23.7 Å². The molecule has 16 heavy (non-hydrogen) atoms. The van der Waals surface area contributed by atoms with Crippen molar-refractivity contribution in [2.75, 3.05) is 0 Å². The highest BCUT2D eigenvalue weighted by Gasteiger charge is 2.03. The van der Waals surface area contributed by atoms with E-state index in [1.807, 2.05) is 18.2 Å². The third kappa shape index (κ3) is 2.72. The first-order chi connectivity index (χ1) is 7.79. The quantitative estimate of drug-likeness (QED) is 0.913. The van der Waals surface area contributed by atoms with Crippen LogP contribution in [-0.4, -0.2) is 4.98 Å². The van der Waals surface area contributed by atoms with Crippen LogP contribution in [0, 0.1) is 0 Å². The lowest BCUT2D eigenvalue weighted by Gasteiger charge is -2.05. The van der Waals surface area contributed by atoms with Crippen molar-refractivity contribution < 1.29 is 4.74 Å². The maximum absolute atomic E-state index is 5.96. The van der Waals surface area contributed by atoms with Gasteiger partial charge in [0, 0.05) is 17.6 Å². The van der Waals surface area contributed by atoms with Crippen LogP contribution in [0.5, 0.6) is 5.75 Å². The van der Waals surface area contributed by atoms with Crippen LogP contribution in [0.2, 0.25) is 5.02 Å². The summed E-state index contributed by atoms with van der Waals surface area (Å²) in [5, 5.41) is 1.51. The number of rotatable bonds is 4. The zero-order valence-electron chi connectivity index (χ0n) is 8.52. The molecule has 2 N–H and O–H groups in total. The molecule has 0 radical (unpaired) electrons. The van der Waals surface area contributed by atoms with Crippen LogP contribution >= 0.6 is 22.9 Å². The van der Waals surface area contributed by atoms with E-state index in [-0.39, 0.29) is 0 Å². The minimum absolute atomic E-state index is 0.425. The SMILES string of the molecule is NCc1cnc(COc2ccccc2Cl)s1. The average molecular weight is 255 g/mol. The van der Waals surface area contributed by atoms with Gasteiger partial charge in [-0.2, -0.15) is 0 Å². The van der Waals surface area contributed by atoms with Gasteiger partial charge in [0.15, 0.2) is 0 Å². The van der Waals surface area contributed by atoms with Crippen LogP contribution in [0.3, 0.4) is 0 Å². The Morgan fingerprint density at radius 3 is 2.88 bits per heavy atom. The molecule has 1 heterocycles. The molecule has 5 heteroatoms. The summed E-state index contributed by atoms with van der Waals surface area (Å²) in [5.41, 5.74) is 5.50. The van der Waals surface area contributed by atoms with Gasteiger partial charge in [0.2, 0.25) is 0 Å². The van der Waals surface area contributed by atoms with Crippen molar-refractivity contribution in [3.8, 4) is 5.75 Å². The van der Waals surface area contributed by atoms with Crippen molar-refractivity contribution in [1.82, 2.24) is 4.98 Å². The van der Waals surface area contributed by atoms with E-state index in [2.05, 4.69) is 4.98 Å². The predicted octanol–water partition coefficient (Wildman–Crippen LogP) is 2.83. The minimum atomic E-state index is 0.425. The Morgan fingerprint density at radius 2 is 2.19 bits per heavy atom. The molecule has 0 amide bonds. The molecule has 2 rings (SSSR count). The van der Waals surface area contributed by atoms with Gasteiger partial charge in [0.05, 0.1) is 5.02 Å². The first kappa shape index (κ1) is 11.4. The Morgan fingerprint density at radius 1 is 1.38 bits per heavy atom. The molecular formula is C11H11ClN2OS. The number of ether oxygens (including phenoxy) is 1. The number of hydrogen-bond acceptors (Lipinski definition) is 4. The van der Waals surface area contributed by atoms with Gasteiger partial charge in [-0.15, -0.1) is 11.3 Å². The topological polar surface area (TPSA) is 48.1 Å². The van der Waals surface area contributed by atoms with Gasteiger partial charge in [-0.05, 0) is 12.1 Å². The second kappa shape index (κ2) is 5.30. The number of aromatic nitrogens is 1. The summed E-state index contributed by atoms with van der Waals surface area (Å²) in [6.07, 6.45) is 1.77. The maximum Gasteiger partial charge on any atom is 0.140 e. The van der Waals surface area contributed by atoms with Crippen LogP contribution in [-0.2, 0) is 13.2 Å². The molecule has 0 saturated heterocycles. The van der Waals surface area contributed by atoms with Gasteiger partial charge in [0.1, 0.15) is 17.4 Å². The number of nitrogens with two attached hydrogens (primary N) is 1. The lowest BCUT2D eigenvalue weighted by atomic mass is 10.3. The summed E-state index contributed by atoms with van der Waals surface area (Å²) in [6.45, 7) is 0.943. The van der Waals surface area contributed by atoms with E-state index in [1.165, 1.54) is 0 Å². The molecule has 1 aromatic heterocycles. The maximum atomic E-state index is 5.96. The van der Waals surface area contributed by atoms with E-state index in [4.69, 9.17) is 22.1 Å². The second-order valence-electron chi connectivity index (χ2n) is 3.14. The van der Waals surface area contributed by atoms with Crippen LogP contribution < -0.4 is 10.5 Å². The fourth-order valence-electron chi connectivity index (χ4n) is 1.21. The summed E-state index contributed by atoms with van der Waals surface area (Å²) in [7, 11) is 0. The molecular weight excluding hydrogens is 244 g/mol. The van der Waals surface area contributed by atoms with Crippen LogP contribution in [0.25, 0.3) is 0 Å². The molecule has 0 spiro atoms. The second-order valence-corrected chi connectivity index (χ2v) is 4.75. The van der Waals surface area contributed by atoms with Gasteiger partial charge in [-0.25, -0.2) is 4.98 Å². The summed E-state index contributed by atoms with van der Waals surface area (Å²) in [6, 6.07) is 7.38. The molecule has 0 unspecified atom stereocenters. The molecule has 0 fully saturated rings.